The number of nitrogens with two attached hydrogens (primary N) is 2. The summed E-state index contributed by atoms with van der Waals surface area (Å²) in [5, 5.41) is 9.37. The van der Waals surface area contributed by atoms with Crippen LogP contribution in [0.5, 0.6) is 0 Å². The minimum absolute atomic E-state index is 0.135. The Hall–Kier alpha value is -1.49. The molecule has 0 bridgehead atoms. The predicted molar refractivity (Wildman–Crippen MR) is 65.1 cm³/mol. The van der Waals surface area contributed by atoms with Crippen LogP contribution in [0.4, 0.5) is 17.3 Å². The van der Waals surface area contributed by atoms with E-state index in [-0.39, 0.29) is 12.6 Å². The van der Waals surface area contributed by atoms with Gasteiger partial charge in [0.15, 0.2) is 0 Å². The summed E-state index contributed by atoms with van der Waals surface area (Å²) in [5.41, 5.74) is 11.8. The highest BCUT2D eigenvalue weighted by Crippen LogP contribution is 2.29. The molecular formula is C11H18N4O. The van der Waals surface area contributed by atoms with Crippen LogP contribution in [0.25, 0.3) is 0 Å². The molecule has 1 aromatic heterocycles. The number of nitrogen functional groups attached to an aromatic ring is 2. The molecule has 0 aromatic carbocycles. The van der Waals surface area contributed by atoms with Crippen molar-refractivity contribution < 1.29 is 5.11 Å². The third kappa shape index (κ3) is 1.78. The molecule has 0 spiro atoms. The lowest BCUT2D eigenvalue weighted by molar-refractivity contribution is 0.244. The van der Waals surface area contributed by atoms with Gasteiger partial charge < -0.3 is 21.5 Å². The van der Waals surface area contributed by atoms with Gasteiger partial charge in [-0.1, -0.05) is 6.92 Å². The Kier molecular flexibility index (Phi) is 2.87. The molecule has 1 saturated heterocycles. The maximum Gasteiger partial charge on any atom is 0.149 e. The number of nitrogens with zero attached hydrogens (tertiary/aromatic N) is 2. The summed E-state index contributed by atoms with van der Waals surface area (Å²) in [4.78, 5) is 6.35. The van der Waals surface area contributed by atoms with Crippen LogP contribution in [0.15, 0.2) is 12.1 Å². The quantitative estimate of drug-likeness (QED) is 0.676. The lowest BCUT2D eigenvalue weighted by Crippen LogP contribution is -2.35. The van der Waals surface area contributed by atoms with Crippen molar-refractivity contribution in [3.8, 4) is 0 Å². The number of aliphatic hydroxyl groups excluding tert-OH is 1. The molecule has 5 N–H and O–H groups in total. The van der Waals surface area contributed by atoms with Crippen LogP contribution in [-0.4, -0.2) is 29.3 Å². The molecule has 0 saturated carbocycles. The Morgan fingerprint density at radius 3 is 2.88 bits per heavy atom. The number of pyridine rings is 1. The van der Waals surface area contributed by atoms with Gasteiger partial charge >= 0.3 is 0 Å². The van der Waals surface area contributed by atoms with Gasteiger partial charge in [-0.3, -0.25) is 0 Å². The van der Waals surface area contributed by atoms with Crippen molar-refractivity contribution in [3.63, 3.8) is 0 Å². The van der Waals surface area contributed by atoms with Gasteiger partial charge in [0.05, 0.1) is 18.3 Å². The molecule has 1 aliphatic rings. The normalized spacial score (nSPS) is 25.0. The number of aliphatic hydroxyl groups is 1. The average molecular weight is 222 g/mol. The molecule has 2 unspecified atom stereocenters. The Labute approximate surface area is 95.1 Å². The van der Waals surface area contributed by atoms with Crippen LogP contribution in [-0.2, 0) is 0 Å². The second kappa shape index (κ2) is 4.17. The summed E-state index contributed by atoms with van der Waals surface area (Å²) in [7, 11) is 0. The molecule has 1 aromatic rings. The van der Waals surface area contributed by atoms with Crippen LogP contribution in [0.3, 0.4) is 0 Å². The van der Waals surface area contributed by atoms with E-state index in [4.69, 9.17) is 11.5 Å². The van der Waals surface area contributed by atoms with Crippen LogP contribution >= 0.6 is 0 Å². The summed E-state index contributed by atoms with van der Waals surface area (Å²) >= 11 is 0. The highest BCUT2D eigenvalue weighted by Gasteiger charge is 2.31. The monoisotopic (exact) mass is 222 g/mol. The topological polar surface area (TPSA) is 88.4 Å². The largest absolute Gasteiger partial charge is 0.396 e. The van der Waals surface area contributed by atoms with Gasteiger partial charge in [0.2, 0.25) is 0 Å². The van der Waals surface area contributed by atoms with Crippen molar-refractivity contribution >= 4 is 17.3 Å². The molecule has 0 radical (unpaired) electrons. The highest BCUT2D eigenvalue weighted by atomic mass is 16.3. The first-order valence-corrected chi connectivity index (χ1v) is 5.53. The number of hydrogen-bond acceptors (Lipinski definition) is 5. The Morgan fingerprint density at radius 1 is 1.50 bits per heavy atom. The minimum Gasteiger partial charge on any atom is -0.396 e. The van der Waals surface area contributed by atoms with Crippen LogP contribution in [0, 0.1) is 5.92 Å². The number of aromatic nitrogens is 1. The molecule has 16 heavy (non-hydrogen) atoms. The van der Waals surface area contributed by atoms with E-state index < -0.39 is 0 Å². The van der Waals surface area contributed by atoms with Crippen molar-refractivity contribution in [3.05, 3.63) is 12.1 Å². The number of anilines is 3. The minimum atomic E-state index is 0.135. The fraction of sp³-hybridized carbons (Fsp3) is 0.545. The zero-order chi connectivity index (χ0) is 11.7. The second-order valence-electron chi connectivity index (χ2n) is 4.35. The van der Waals surface area contributed by atoms with Crippen LogP contribution in [0.2, 0.25) is 0 Å². The number of rotatable bonds is 2. The lowest BCUT2D eigenvalue weighted by atomic mass is 10.0. The van der Waals surface area contributed by atoms with Crippen LogP contribution < -0.4 is 16.4 Å². The summed E-state index contributed by atoms with van der Waals surface area (Å²) in [6.45, 7) is 3.19. The average Bonchev–Trinajstić information content (AvgIpc) is 2.63. The fourth-order valence-corrected chi connectivity index (χ4v) is 2.21. The first-order valence-electron chi connectivity index (χ1n) is 5.53. The first kappa shape index (κ1) is 11.0. The van der Waals surface area contributed by atoms with Gasteiger partial charge in [-0.2, -0.15) is 0 Å². The SMILES string of the molecule is CC1CCN(c2ccc(N)c(N)n2)C1CO. The van der Waals surface area contributed by atoms with Crippen LogP contribution in [0.1, 0.15) is 13.3 Å². The van der Waals surface area contributed by atoms with E-state index in [2.05, 4.69) is 16.8 Å². The molecule has 88 valence electrons. The van der Waals surface area contributed by atoms with E-state index >= 15 is 0 Å². The Balaban J connectivity index is 2.27. The van der Waals surface area contributed by atoms with Crippen molar-refractivity contribution in [1.82, 2.24) is 4.98 Å². The Bertz CT molecular complexity index is 382. The molecule has 2 atom stereocenters. The van der Waals surface area contributed by atoms with Crippen molar-refractivity contribution in [2.75, 3.05) is 29.5 Å². The lowest BCUT2D eigenvalue weighted by Gasteiger charge is -2.26. The second-order valence-corrected chi connectivity index (χ2v) is 4.35. The summed E-state index contributed by atoms with van der Waals surface area (Å²) < 4.78 is 0. The smallest absolute Gasteiger partial charge is 0.149 e. The van der Waals surface area contributed by atoms with E-state index in [1.54, 1.807) is 6.07 Å². The Morgan fingerprint density at radius 2 is 2.25 bits per heavy atom. The van der Waals surface area contributed by atoms with Gasteiger partial charge in [0, 0.05) is 6.54 Å². The standard InChI is InChI=1S/C11H18N4O/c1-7-4-5-15(9(7)6-16)10-3-2-8(12)11(13)14-10/h2-3,7,9,16H,4-6,12H2,1H3,(H2,13,14). The maximum atomic E-state index is 9.37. The molecule has 2 rings (SSSR count). The molecule has 1 fully saturated rings. The third-order valence-electron chi connectivity index (χ3n) is 3.31. The maximum absolute atomic E-state index is 9.37. The molecule has 1 aliphatic heterocycles. The van der Waals surface area contributed by atoms with Gasteiger partial charge in [-0.25, -0.2) is 4.98 Å². The fourth-order valence-electron chi connectivity index (χ4n) is 2.21. The van der Waals surface area contributed by atoms with E-state index in [0.29, 0.717) is 17.4 Å². The van der Waals surface area contributed by atoms with E-state index in [1.807, 2.05) is 6.07 Å². The summed E-state index contributed by atoms with van der Waals surface area (Å²) in [5.74, 6) is 1.63. The van der Waals surface area contributed by atoms with Gasteiger partial charge in [0.25, 0.3) is 0 Å². The van der Waals surface area contributed by atoms with Crippen molar-refractivity contribution in [2.45, 2.75) is 19.4 Å². The summed E-state index contributed by atoms with van der Waals surface area (Å²) in [6, 6.07) is 3.75. The highest BCUT2D eigenvalue weighted by molar-refractivity contribution is 5.62. The molecular weight excluding hydrogens is 204 g/mol. The van der Waals surface area contributed by atoms with E-state index in [1.165, 1.54) is 0 Å². The predicted octanol–water partition coefficient (Wildman–Crippen LogP) is 0.453. The third-order valence-corrected chi connectivity index (χ3v) is 3.31. The zero-order valence-corrected chi connectivity index (χ0v) is 9.43. The molecule has 5 heteroatoms. The molecule has 0 aliphatic carbocycles. The van der Waals surface area contributed by atoms with E-state index in [0.717, 1.165) is 18.8 Å². The van der Waals surface area contributed by atoms with Gasteiger partial charge in [-0.05, 0) is 24.5 Å². The molecule has 2 heterocycles. The van der Waals surface area contributed by atoms with E-state index in [9.17, 15) is 5.11 Å². The summed E-state index contributed by atoms with van der Waals surface area (Å²) in [6.07, 6.45) is 1.07. The van der Waals surface area contributed by atoms with Crippen molar-refractivity contribution in [2.24, 2.45) is 5.92 Å². The van der Waals surface area contributed by atoms with Crippen molar-refractivity contribution in [1.29, 1.82) is 0 Å². The zero-order valence-electron chi connectivity index (χ0n) is 9.43. The van der Waals surface area contributed by atoms with Gasteiger partial charge in [0.1, 0.15) is 11.6 Å². The molecule has 5 nitrogen and oxygen atoms in total. The number of hydrogen-bond donors (Lipinski definition) is 3. The first-order chi connectivity index (χ1) is 7.63. The van der Waals surface area contributed by atoms with Gasteiger partial charge in [-0.15, -0.1) is 0 Å². The molecule has 0 amide bonds.